The molecule has 118 valence electrons. The van der Waals surface area contributed by atoms with Gasteiger partial charge in [-0.25, -0.2) is 9.59 Å². The highest BCUT2D eigenvalue weighted by atomic mass is 35.5. The van der Waals surface area contributed by atoms with E-state index in [1.807, 2.05) is 0 Å². The minimum atomic E-state index is -1.20. The molecule has 1 aromatic carbocycles. The molecule has 0 aliphatic rings. The molecule has 0 fully saturated rings. The Morgan fingerprint density at radius 2 is 1.95 bits per heavy atom. The second kappa shape index (κ2) is 8.84. The SMILES string of the molecule is CCOC(=O)/C=C/C[C@@H](NC(=O)c1ccc(Cl)cc1)C(=O)O. The van der Waals surface area contributed by atoms with Gasteiger partial charge < -0.3 is 15.2 Å². The van der Waals surface area contributed by atoms with Crippen LogP contribution in [0.5, 0.6) is 0 Å². The fraction of sp³-hybridized carbons (Fsp3) is 0.267. The Morgan fingerprint density at radius 1 is 1.32 bits per heavy atom. The third-order valence-electron chi connectivity index (χ3n) is 2.62. The van der Waals surface area contributed by atoms with Gasteiger partial charge in [-0.2, -0.15) is 0 Å². The summed E-state index contributed by atoms with van der Waals surface area (Å²) in [6.45, 7) is 1.90. The Labute approximate surface area is 132 Å². The van der Waals surface area contributed by atoms with Crippen LogP contribution in [0, 0.1) is 0 Å². The van der Waals surface area contributed by atoms with Crippen molar-refractivity contribution in [2.24, 2.45) is 0 Å². The summed E-state index contributed by atoms with van der Waals surface area (Å²) >= 11 is 5.72. The summed E-state index contributed by atoms with van der Waals surface area (Å²) in [7, 11) is 0. The lowest BCUT2D eigenvalue weighted by Crippen LogP contribution is -2.40. The van der Waals surface area contributed by atoms with Gasteiger partial charge in [0.1, 0.15) is 6.04 Å². The van der Waals surface area contributed by atoms with Gasteiger partial charge in [0.25, 0.3) is 5.91 Å². The topological polar surface area (TPSA) is 92.7 Å². The second-order valence-corrected chi connectivity index (χ2v) is 4.70. The monoisotopic (exact) mass is 325 g/mol. The first-order chi connectivity index (χ1) is 10.4. The molecule has 0 saturated heterocycles. The Bertz CT molecular complexity index is 568. The lowest BCUT2D eigenvalue weighted by Gasteiger charge is -2.12. The molecule has 1 atom stereocenters. The van der Waals surface area contributed by atoms with E-state index in [1.54, 1.807) is 6.92 Å². The van der Waals surface area contributed by atoms with E-state index in [2.05, 4.69) is 10.1 Å². The molecule has 0 aromatic heterocycles. The molecule has 0 aliphatic heterocycles. The fourth-order valence-electron chi connectivity index (χ4n) is 1.56. The van der Waals surface area contributed by atoms with E-state index in [0.717, 1.165) is 6.08 Å². The maximum atomic E-state index is 11.9. The summed E-state index contributed by atoms with van der Waals surface area (Å²) in [5, 5.41) is 11.9. The molecule has 0 spiro atoms. The van der Waals surface area contributed by atoms with Gasteiger partial charge >= 0.3 is 11.9 Å². The average Bonchev–Trinajstić information content (AvgIpc) is 2.46. The number of nitrogens with one attached hydrogen (secondary N) is 1. The first-order valence-corrected chi connectivity index (χ1v) is 6.94. The van der Waals surface area contributed by atoms with Gasteiger partial charge in [-0.05, 0) is 37.6 Å². The van der Waals surface area contributed by atoms with Crippen LogP contribution in [0.4, 0.5) is 0 Å². The minimum absolute atomic E-state index is 0.0342. The molecule has 1 rings (SSSR count). The molecule has 2 N–H and O–H groups in total. The van der Waals surface area contributed by atoms with Crippen molar-refractivity contribution in [2.45, 2.75) is 19.4 Å². The molecule has 0 radical (unpaired) electrons. The number of benzene rings is 1. The normalized spacial score (nSPS) is 11.9. The van der Waals surface area contributed by atoms with E-state index in [9.17, 15) is 14.4 Å². The Balaban J connectivity index is 2.64. The lowest BCUT2D eigenvalue weighted by atomic mass is 10.1. The van der Waals surface area contributed by atoms with Gasteiger partial charge in [-0.15, -0.1) is 0 Å². The summed E-state index contributed by atoms with van der Waals surface area (Å²) < 4.78 is 4.67. The van der Waals surface area contributed by atoms with Crippen LogP contribution in [0.1, 0.15) is 23.7 Å². The molecular formula is C15H16ClNO5. The molecule has 1 amide bonds. The summed E-state index contributed by atoms with van der Waals surface area (Å²) in [6.07, 6.45) is 2.44. The smallest absolute Gasteiger partial charge is 0.330 e. The first kappa shape index (κ1) is 17.7. The van der Waals surface area contributed by atoms with E-state index in [4.69, 9.17) is 16.7 Å². The molecule has 0 heterocycles. The summed E-state index contributed by atoms with van der Waals surface area (Å²) in [5.74, 6) is -2.29. The molecule has 0 aliphatic carbocycles. The predicted octanol–water partition coefficient (Wildman–Crippen LogP) is 2.03. The molecule has 7 heteroatoms. The van der Waals surface area contributed by atoms with Gasteiger partial charge in [0, 0.05) is 16.7 Å². The van der Waals surface area contributed by atoms with Crippen LogP contribution in [0.15, 0.2) is 36.4 Å². The van der Waals surface area contributed by atoms with Crippen molar-refractivity contribution >= 4 is 29.4 Å². The number of rotatable bonds is 7. The van der Waals surface area contributed by atoms with Gasteiger partial charge in [-0.1, -0.05) is 17.7 Å². The van der Waals surface area contributed by atoms with Crippen LogP contribution in [0.25, 0.3) is 0 Å². The Kier molecular flexibility index (Phi) is 7.12. The maximum Gasteiger partial charge on any atom is 0.330 e. The van der Waals surface area contributed by atoms with Crippen molar-refractivity contribution in [2.75, 3.05) is 6.61 Å². The third kappa shape index (κ3) is 5.97. The summed E-state index contributed by atoms with van der Waals surface area (Å²) in [6, 6.07) is 4.91. The van der Waals surface area contributed by atoms with E-state index in [1.165, 1.54) is 30.3 Å². The van der Waals surface area contributed by atoms with E-state index < -0.39 is 23.9 Å². The lowest BCUT2D eigenvalue weighted by molar-refractivity contribution is -0.139. The van der Waals surface area contributed by atoms with Crippen LogP contribution in [-0.2, 0) is 14.3 Å². The van der Waals surface area contributed by atoms with Crippen LogP contribution < -0.4 is 5.32 Å². The largest absolute Gasteiger partial charge is 0.480 e. The molecular weight excluding hydrogens is 310 g/mol. The number of amides is 1. The van der Waals surface area contributed by atoms with Crippen LogP contribution in [0.3, 0.4) is 0 Å². The van der Waals surface area contributed by atoms with Crippen molar-refractivity contribution in [3.63, 3.8) is 0 Å². The van der Waals surface area contributed by atoms with E-state index in [0.29, 0.717) is 10.6 Å². The average molecular weight is 326 g/mol. The zero-order valence-electron chi connectivity index (χ0n) is 11.9. The standard InChI is InChI=1S/C15H16ClNO5/c1-2-22-13(18)5-3-4-12(15(20)21)17-14(19)10-6-8-11(16)9-7-10/h3,5-9,12H,2,4H2,1H3,(H,17,19)(H,20,21)/b5-3+/t12-/m1/s1. The highest BCUT2D eigenvalue weighted by molar-refractivity contribution is 6.30. The second-order valence-electron chi connectivity index (χ2n) is 4.26. The van der Waals surface area contributed by atoms with Gasteiger partial charge in [-0.3, -0.25) is 4.79 Å². The zero-order chi connectivity index (χ0) is 16.5. The first-order valence-electron chi connectivity index (χ1n) is 6.56. The fourth-order valence-corrected chi connectivity index (χ4v) is 1.68. The molecule has 22 heavy (non-hydrogen) atoms. The number of ether oxygens (including phenoxy) is 1. The van der Waals surface area contributed by atoms with Crippen LogP contribution in [0.2, 0.25) is 5.02 Å². The third-order valence-corrected chi connectivity index (χ3v) is 2.87. The molecule has 6 nitrogen and oxygen atoms in total. The molecule has 1 aromatic rings. The number of carbonyl (C=O) groups is 3. The van der Waals surface area contributed by atoms with Gasteiger partial charge in [0.05, 0.1) is 6.61 Å². The summed E-state index contributed by atoms with van der Waals surface area (Å²) in [5.41, 5.74) is 0.296. The highest BCUT2D eigenvalue weighted by Gasteiger charge is 2.19. The quantitative estimate of drug-likeness (QED) is 0.591. The number of carbonyl (C=O) groups excluding carboxylic acids is 2. The van der Waals surface area contributed by atoms with Gasteiger partial charge in [0.15, 0.2) is 0 Å². The predicted molar refractivity (Wildman–Crippen MR) is 80.7 cm³/mol. The van der Waals surface area contributed by atoms with Crippen LogP contribution >= 0.6 is 11.6 Å². The van der Waals surface area contributed by atoms with Crippen LogP contribution in [-0.4, -0.2) is 35.6 Å². The van der Waals surface area contributed by atoms with E-state index in [-0.39, 0.29) is 13.0 Å². The van der Waals surface area contributed by atoms with E-state index >= 15 is 0 Å². The van der Waals surface area contributed by atoms with Crippen molar-refractivity contribution < 1.29 is 24.2 Å². The number of hydrogen-bond acceptors (Lipinski definition) is 4. The number of carboxylic acid groups (broad SMARTS) is 1. The Morgan fingerprint density at radius 3 is 2.50 bits per heavy atom. The summed E-state index contributed by atoms with van der Waals surface area (Å²) in [4.78, 5) is 34.2. The number of hydrogen-bond donors (Lipinski definition) is 2. The number of halogens is 1. The molecule has 0 bridgehead atoms. The zero-order valence-corrected chi connectivity index (χ0v) is 12.7. The number of esters is 1. The van der Waals surface area contributed by atoms with Crippen molar-refractivity contribution in [1.29, 1.82) is 0 Å². The van der Waals surface area contributed by atoms with Gasteiger partial charge in [0.2, 0.25) is 0 Å². The molecule has 0 unspecified atom stereocenters. The molecule has 0 saturated carbocycles. The van der Waals surface area contributed by atoms with Crippen molar-refractivity contribution in [3.8, 4) is 0 Å². The van der Waals surface area contributed by atoms with Crippen molar-refractivity contribution in [3.05, 3.63) is 47.0 Å². The highest BCUT2D eigenvalue weighted by Crippen LogP contribution is 2.10. The Hall–Kier alpha value is -2.34. The number of carboxylic acids is 1. The minimum Gasteiger partial charge on any atom is -0.480 e. The number of aliphatic carboxylic acids is 1. The van der Waals surface area contributed by atoms with Crippen molar-refractivity contribution in [1.82, 2.24) is 5.32 Å². The maximum absolute atomic E-state index is 11.9.